The molecule has 3 heteroatoms. The summed E-state index contributed by atoms with van der Waals surface area (Å²) in [5, 5.41) is 3.61. The second-order valence-electron chi connectivity index (χ2n) is 4.30. The Balaban J connectivity index is 1.67. The predicted octanol–water partition coefficient (Wildman–Crippen LogP) is 1.78. The quantitative estimate of drug-likeness (QED) is 0.840. The summed E-state index contributed by atoms with van der Waals surface area (Å²) in [5.41, 5.74) is 1.35. The van der Waals surface area contributed by atoms with Crippen LogP contribution in [0.1, 0.15) is 24.8 Å². The maximum Gasteiger partial charge on any atom is 0.0480 e. The van der Waals surface area contributed by atoms with Crippen LogP contribution in [0.2, 0.25) is 0 Å². The fourth-order valence-corrected chi connectivity index (χ4v) is 2.08. The van der Waals surface area contributed by atoms with Crippen LogP contribution < -0.4 is 5.32 Å². The second-order valence-corrected chi connectivity index (χ2v) is 4.30. The normalized spacial score (nSPS) is 21.6. The first kappa shape index (κ1) is 11.6. The summed E-state index contributed by atoms with van der Waals surface area (Å²) in [5.74, 6) is 0. The van der Waals surface area contributed by atoms with Gasteiger partial charge >= 0.3 is 0 Å². The first-order valence-electron chi connectivity index (χ1n) is 6.15. The van der Waals surface area contributed by atoms with Gasteiger partial charge in [-0.3, -0.25) is 4.98 Å². The van der Waals surface area contributed by atoms with Crippen LogP contribution in [0, 0.1) is 0 Å². The van der Waals surface area contributed by atoms with Gasteiger partial charge in [0.15, 0.2) is 0 Å². The minimum atomic E-state index is 0.643. The third-order valence-corrected chi connectivity index (χ3v) is 3.05. The third kappa shape index (κ3) is 3.91. The smallest absolute Gasteiger partial charge is 0.0480 e. The average Bonchev–Trinajstić information content (AvgIpc) is 2.59. The van der Waals surface area contributed by atoms with Gasteiger partial charge in [-0.05, 0) is 49.9 Å². The molecule has 1 atom stereocenters. The molecule has 1 aromatic heterocycles. The van der Waals surface area contributed by atoms with E-state index in [1.165, 1.54) is 18.4 Å². The zero-order valence-electron chi connectivity index (χ0n) is 9.69. The molecule has 1 unspecified atom stereocenters. The van der Waals surface area contributed by atoms with E-state index in [2.05, 4.69) is 22.4 Å². The molecule has 0 aromatic carbocycles. The molecule has 88 valence electrons. The van der Waals surface area contributed by atoms with Crippen LogP contribution in [-0.4, -0.2) is 30.8 Å². The average molecular weight is 220 g/mol. The molecule has 3 nitrogen and oxygen atoms in total. The van der Waals surface area contributed by atoms with Crippen molar-refractivity contribution in [3.63, 3.8) is 0 Å². The fourth-order valence-electron chi connectivity index (χ4n) is 2.08. The summed E-state index contributed by atoms with van der Waals surface area (Å²) >= 11 is 0. The van der Waals surface area contributed by atoms with E-state index in [9.17, 15) is 0 Å². The summed E-state index contributed by atoms with van der Waals surface area (Å²) in [6.45, 7) is 2.89. The van der Waals surface area contributed by atoms with Crippen molar-refractivity contribution in [2.45, 2.75) is 31.7 Å². The lowest BCUT2D eigenvalue weighted by Crippen LogP contribution is -2.31. The van der Waals surface area contributed by atoms with Gasteiger partial charge in [0.25, 0.3) is 0 Å². The standard InChI is InChI=1S/C13H20N2O/c1-2-13(6-11-16-10-1)15-9-5-12-3-7-14-8-4-12/h3-4,7-8,13,15H,1-2,5-6,9-11H2. The molecular formula is C13H20N2O. The molecule has 1 fully saturated rings. The van der Waals surface area contributed by atoms with E-state index in [-0.39, 0.29) is 0 Å². The van der Waals surface area contributed by atoms with Gasteiger partial charge in [-0.15, -0.1) is 0 Å². The van der Waals surface area contributed by atoms with E-state index in [0.717, 1.165) is 32.6 Å². The molecule has 16 heavy (non-hydrogen) atoms. The highest BCUT2D eigenvalue weighted by Gasteiger charge is 2.10. The summed E-state index contributed by atoms with van der Waals surface area (Å²) in [6.07, 6.45) is 8.38. The molecule has 2 heterocycles. The molecule has 0 saturated carbocycles. The number of hydrogen-bond acceptors (Lipinski definition) is 3. The predicted molar refractivity (Wildman–Crippen MR) is 64.4 cm³/mol. The summed E-state index contributed by atoms with van der Waals surface area (Å²) < 4.78 is 5.44. The van der Waals surface area contributed by atoms with Crippen LogP contribution in [0.5, 0.6) is 0 Å². The molecule has 0 radical (unpaired) electrons. The highest BCUT2D eigenvalue weighted by atomic mass is 16.5. The second kappa shape index (κ2) is 6.61. The molecule has 2 rings (SSSR count). The van der Waals surface area contributed by atoms with E-state index in [0.29, 0.717) is 6.04 Å². The zero-order chi connectivity index (χ0) is 11.1. The number of pyridine rings is 1. The molecule has 0 spiro atoms. The molecule has 0 amide bonds. The number of rotatable bonds is 4. The Labute approximate surface area is 97.2 Å². The monoisotopic (exact) mass is 220 g/mol. The fraction of sp³-hybridized carbons (Fsp3) is 0.615. The molecule has 1 aromatic rings. The minimum Gasteiger partial charge on any atom is -0.381 e. The largest absolute Gasteiger partial charge is 0.381 e. The Morgan fingerprint density at radius 1 is 1.25 bits per heavy atom. The molecule has 1 aliphatic rings. The number of aromatic nitrogens is 1. The van der Waals surface area contributed by atoms with Crippen LogP contribution in [0.3, 0.4) is 0 Å². The van der Waals surface area contributed by atoms with E-state index >= 15 is 0 Å². The van der Waals surface area contributed by atoms with Gasteiger partial charge < -0.3 is 10.1 Å². The molecule has 1 N–H and O–H groups in total. The number of nitrogens with one attached hydrogen (secondary N) is 1. The topological polar surface area (TPSA) is 34.1 Å². The summed E-state index contributed by atoms with van der Waals surface area (Å²) in [4.78, 5) is 4.02. The van der Waals surface area contributed by atoms with E-state index in [1.54, 1.807) is 0 Å². The van der Waals surface area contributed by atoms with Crippen LogP contribution in [0.4, 0.5) is 0 Å². The minimum absolute atomic E-state index is 0.643. The van der Waals surface area contributed by atoms with E-state index < -0.39 is 0 Å². The van der Waals surface area contributed by atoms with Crippen molar-refractivity contribution in [3.8, 4) is 0 Å². The van der Waals surface area contributed by atoms with Crippen molar-refractivity contribution in [1.29, 1.82) is 0 Å². The Kier molecular flexibility index (Phi) is 4.77. The Bertz CT molecular complexity index is 281. The highest BCUT2D eigenvalue weighted by Crippen LogP contribution is 2.08. The molecule has 0 bridgehead atoms. The number of ether oxygens (including phenoxy) is 1. The maximum absolute atomic E-state index is 5.44. The third-order valence-electron chi connectivity index (χ3n) is 3.05. The number of hydrogen-bond donors (Lipinski definition) is 1. The Morgan fingerprint density at radius 2 is 2.12 bits per heavy atom. The first-order valence-corrected chi connectivity index (χ1v) is 6.15. The van der Waals surface area contributed by atoms with E-state index in [4.69, 9.17) is 4.74 Å². The summed E-state index contributed by atoms with van der Waals surface area (Å²) in [7, 11) is 0. The van der Waals surface area contributed by atoms with Crippen molar-refractivity contribution in [3.05, 3.63) is 30.1 Å². The van der Waals surface area contributed by atoms with Gasteiger partial charge in [0, 0.05) is 31.6 Å². The highest BCUT2D eigenvalue weighted by molar-refractivity contribution is 5.09. The van der Waals surface area contributed by atoms with Crippen molar-refractivity contribution >= 4 is 0 Å². The molecule has 0 aliphatic carbocycles. The van der Waals surface area contributed by atoms with Crippen molar-refractivity contribution in [2.24, 2.45) is 0 Å². The lowest BCUT2D eigenvalue weighted by molar-refractivity contribution is 0.142. The van der Waals surface area contributed by atoms with Crippen molar-refractivity contribution < 1.29 is 4.74 Å². The Morgan fingerprint density at radius 3 is 3.00 bits per heavy atom. The lowest BCUT2D eigenvalue weighted by atomic mass is 10.1. The van der Waals surface area contributed by atoms with E-state index in [1.807, 2.05) is 12.4 Å². The van der Waals surface area contributed by atoms with Gasteiger partial charge in [0.05, 0.1) is 0 Å². The molecule has 1 saturated heterocycles. The van der Waals surface area contributed by atoms with Crippen molar-refractivity contribution in [1.82, 2.24) is 10.3 Å². The van der Waals surface area contributed by atoms with Crippen molar-refractivity contribution in [2.75, 3.05) is 19.8 Å². The van der Waals surface area contributed by atoms with Crippen LogP contribution in [0.15, 0.2) is 24.5 Å². The SMILES string of the molecule is c1cc(CCNC2CCCOCC2)ccn1. The summed E-state index contributed by atoms with van der Waals surface area (Å²) in [6, 6.07) is 4.81. The molecule has 1 aliphatic heterocycles. The van der Waals surface area contributed by atoms with Crippen LogP contribution in [0.25, 0.3) is 0 Å². The maximum atomic E-state index is 5.44. The van der Waals surface area contributed by atoms with Gasteiger partial charge in [-0.25, -0.2) is 0 Å². The van der Waals surface area contributed by atoms with Gasteiger partial charge in [-0.2, -0.15) is 0 Å². The first-order chi connectivity index (χ1) is 7.95. The number of nitrogens with zero attached hydrogens (tertiary/aromatic N) is 1. The van der Waals surface area contributed by atoms with Gasteiger partial charge in [-0.1, -0.05) is 0 Å². The van der Waals surface area contributed by atoms with Gasteiger partial charge in [0.1, 0.15) is 0 Å². The Hall–Kier alpha value is -0.930. The van der Waals surface area contributed by atoms with Gasteiger partial charge in [0.2, 0.25) is 0 Å². The van der Waals surface area contributed by atoms with Crippen LogP contribution >= 0.6 is 0 Å². The molecular weight excluding hydrogens is 200 g/mol. The zero-order valence-corrected chi connectivity index (χ0v) is 9.69. The van der Waals surface area contributed by atoms with Crippen LogP contribution in [-0.2, 0) is 11.2 Å². The lowest BCUT2D eigenvalue weighted by Gasteiger charge is -2.15.